The van der Waals surface area contributed by atoms with Crippen molar-refractivity contribution in [1.29, 1.82) is 0 Å². The maximum absolute atomic E-state index is 5.33. The van der Waals surface area contributed by atoms with Crippen molar-refractivity contribution in [3.8, 4) is 0 Å². The molecule has 0 aromatic heterocycles. The summed E-state index contributed by atoms with van der Waals surface area (Å²) in [6, 6.07) is 0. The predicted octanol–water partition coefficient (Wildman–Crippen LogP) is 2.14. The third kappa shape index (κ3) is 5.56. The van der Waals surface area contributed by atoms with Gasteiger partial charge < -0.3 is 9.64 Å². The first-order valence-corrected chi connectivity index (χ1v) is 5.23. The summed E-state index contributed by atoms with van der Waals surface area (Å²) in [7, 11) is 0. The number of hydrogen-bond acceptors (Lipinski definition) is 2. The highest BCUT2D eigenvalue weighted by atomic mass is 16.5. The van der Waals surface area contributed by atoms with E-state index in [1.807, 2.05) is 13.8 Å². The van der Waals surface area contributed by atoms with Gasteiger partial charge >= 0.3 is 0 Å². The van der Waals surface area contributed by atoms with Crippen LogP contribution in [0.2, 0.25) is 0 Å². The van der Waals surface area contributed by atoms with Crippen molar-refractivity contribution in [3.63, 3.8) is 0 Å². The van der Waals surface area contributed by atoms with E-state index in [0.717, 1.165) is 19.8 Å². The highest BCUT2D eigenvalue weighted by molar-refractivity contribution is 4.59. The smallest absolute Gasteiger partial charge is 0.0593 e. The van der Waals surface area contributed by atoms with E-state index in [4.69, 9.17) is 4.74 Å². The van der Waals surface area contributed by atoms with Gasteiger partial charge in [-0.3, -0.25) is 0 Å². The summed E-state index contributed by atoms with van der Waals surface area (Å²) in [5.41, 5.74) is 0. The highest BCUT2D eigenvalue weighted by Crippen LogP contribution is 1.98. The largest absolute Gasteiger partial charge is 0.380 e. The van der Waals surface area contributed by atoms with Crippen molar-refractivity contribution in [2.75, 3.05) is 32.8 Å². The summed E-state index contributed by atoms with van der Waals surface area (Å²) in [4.78, 5) is 2.48. The molecule has 0 N–H and O–H groups in total. The van der Waals surface area contributed by atoms with Gasteiger partial charge in [-0.15, -0.1) is 0 Å². The Balaban J connectivity index is 0.000000561. The van der Waals surface area contributed by atoms with Crippen molar-refractivity contribution in [3.05, 3.63) is 0 Å². The molecule has 0 bridgehead atoms. The molecule has 2 heteroatoms. The Morgan fingerprint density at radius 2 is 1.92 bits per heavy atom. The quantitative estimate of drug-likeness (QED) is 0.634. The molecular weight excluding hydrogens is 150 g/mol. The minimum atomic E-state index is 0.931. The first kappa shape index (κ1) is 11.9. The van der Waals surface area contributed by atoms with Crippen molar-refractivity contribution in [2.24, 2.45) is 0 Å². The zero-order valence-electron chi connectivity index (χ0n) is 8.81. The second-order valence-corrected chi connectivity index (χ2v) is 2.81. The van der Waals surface area contributed by atoms with Crippen LogP contribution in [-0.2, 0) is 4.74 Å². The van der Waals surface area contributed by atoms with Crippen molar-refractivity contribution >= 4 is 0 Å². The van der Waals surface area contributed by atoms with E-state index in [0.29, 0.717) is 0 Å². The van der Waals surface area contributed by atoms with Crippen LogP contribution in [-0.4, -0.2) is 37.7 Å². The standard InChI is InChI=1S/C8H17NO.C2H6/c1-2-4-9-5-3-7-10-8-6-9;1-2/h2-8H2,1H3;1-2H3. The SMILES string of the molecule is CC.CCCN1CCCOCC1. The molecule has 1 fully saturated rings. The lowest BCUT2D eigenvalue weighted by atomic mass is 10.3. The zero-order valence-corrected chi connectivity index (χ0v) is 8.81. The fourth-order valence-corrected chi connectivity index (χ4v) is 1.34. The summed E-state index contributed by atoms with van der Waals surface area (Å²) in [6.07, 6.45) is 2.47. The summed E-state index contributed by atoms with van der Waals surface area (Å²) < 4.78 is 5.33. The second-order valence-electron chi connectivity index (χ2n) is 2.81. The molecule has 0 aliphatic carbocycles. The highest BCUT2D eigenvalue weighted by Gasteiger charge is 2.06. The minimum absolute atomic E-state index is 0.931. The number of hydrogen-bond donors (Lipinski definition) is 0. The van der Waals surface area contributed by atoms with Gasteiger partial charge in [-0.25, -0.2) is 0 Å². The summed E-state index contributed by atoms with van der Waals surface area (Å²) >= 11 is 0. The van der Waals surface area contributed by atoms with Crippen LogP contribution in [0.1, 0.15) is 33.6 Å². The normalized spacial score (nSPS) is 19.2. The predicted molar refractivity (Wildman–Crippen MR) is 53.5 cm³/mol. The molecule has 0 aromatic carbocycles. The molecule has 0 amide bonds. The van der Waals surface area contributed by atoms with Gasteiger partial charge in [0.15, 0.2) is 0 Å². The van der Waals surface area contributed by atoms with Crippen LogP contribution >= 0.6 is 0 Å². The Morgan fingerprint density at radius 1 is 1.17 bits per heavy atom. The van der Waals surface area contributed by atoms with Crippen LogP contribution in [0.25, 0.3) is 0 Å². The Labute approximate surface area is 76.9 Å². The fourth-order valence-electron chi connectivity index (χ4n) is 1.34. The topological polar surface area (TPSA) is 12.5 Å². The van der Waals surface area contributed by atoms with Crippen LogP contribution in [0.5, 0.6) is 0 Å². The lowest BCUT2D eigenvalue weighted by Gasteiger charge is -2.16. The second kappa shape index (κ2) is 9.01. The van der Waals surface area contributed by atoms with Gasteiger partial charge in [0.2, 0.25) is 0 Å². The maximum Gasteiger partial charge on any atom is 0.0593 e. The number of nitrogens with zero attached hydrogens (tertiary/aromatic N) is 1. The van der Waals surface area contributed by atoms with E-state index in [9.17, 15) is 0 Å². The van der Waals surface area contributed by atoms with E-state index < -0.39 is 0 Å². The van der Waals surface area contributed by atoms with E-state index in [-0.39, 0.29) is 0 Å². The molecule has 1 rings (SSSR count). The van der Waals surface area contributed by atoms with Gasteiger partial charge in [-0.05, 0) is 19.4 Å². The van der Waals surface area contributed by atoms with Crippen molar-refractivity contribution in [2.45, 2.75) is 33.6 Å². The van der Waals surface area contributed by atoms with Crippen LogP contribution in [0.3, 0.4) is 0 Å². The molecule has 1 aliphatic rings. The van der Waals surface area contributed by atoms with Crippen LogP contribution < -0.4 is 0 Å². The Hall–Kier alpha value is -0.0800. The fraction of sp³-hybridized carbons (Fsp3) is 1.00. The van der Waals surface area contributed by atoms with Crippen molar-refractivity contribution in [1.82, 2.24) is 4.90 Å². The Bertz CT molecular complexity index is 77.9. The molecule has 1 aliphatic heterocycles. The van der Waals surface area contributed by atoms with Gasteiger partial charge in [-0.2, -0.15) is 0 Å². The first-order chi connectivity index (χ1) is 5.93. The van der Waals surface area contributed by atoms with Crippen LogP contribution in [0.15, 0.2) is 0 Å². The van der Waals surface area contributed by atoms with E-state index in [1.165, 1.54) is 25.9 Å². The lowest BCUT2D eigenvalue weighted by Crippen LogP contribution is -2.26. The number of ether oxygens (including phenoxy) is 1. The molecule has 0 spiro atoms. The van der Waals surface area contributed by atoms with Gasteiger partial charge in [0.25, 0.3) is 0 Å². The summed E-state index contributed by atoms with van der Waals surface area (Å²) in [5, 5.41) is 0. The van der Waals surface area contributed by atoms with Gasteiger partial charge in [-0.1, -0.05) is 20.8 Å². The van der Waals surface area contributed by atoms with Gasteiger partial charge in [0.1, 0.15) is 0 Å². The summed E-state index contributed by atoms with van der Waals surface area (Å²) in [5.74, 6) is 0. The van der Waals surface area contributed by atoms with E-state index >= 15 is 0 Å². The van der Waals surface area contributed by atoms with Crippen LogP contribution in [0.4, 0.5) is 0 Å². The molecular formula is C10H23NO. The molecule has 0 saturated carbocycles. The molecule has 12 heavy (non-hydrogen) atoms. The third-order valence-electron chi connectivity index (χ3n) is 1.85. The molecule has 0 unspecified atom stereocenters. The van der Waals surface area contributed by atoms with E-state index in [2.05, 4.69) is 11.8 Å². The van der Waals surface area contributed by atoms with Gasteiger partial charge in [0, 0.05) is 19.7 Å². The average molecular weight is 173 g/mol. The third-order valence-corrected chi connectivity index (χ3v) is 1.85. The molecule has 74 valence electrons. The molecule has 0 aromatic rings. The maximum atomic E-state index is 5.33. The lowest BCUT2D eigenvalue weighted by molar-refractivity contribution is 0.141. The van der Waals surface area contributed by atoms with Crippen molar-refractivity contribution < 1.29 is 4.74 Å². The Morgan fingerprint density at radius 3 is 2.58 bits per heavy atom. The molecule has 0 atom stereocenters. The van der Waals surface area contributed by atoms with Crippen LogP contribution in [0, 0.1) is 0 Å². The molecule has 1 saturated heterocycles. The molecule has 0 radical (unpaired) electrons. The van der Waals surface area contributed by atoms with Gasteiger partial charge in [0.05, 0.1) is 6.61 Å². The van der Waals surface area contributed by atoms with E-state index in [1.54, 1.807) is 0 Å². The number of rotatable bonds is 2. The first-order valence-electron chi connectivity index (χ1n) is 5.23. The average Bonchev–Trinajstić information content (AvgIpc) is 2.37. The monoisotopic (exact) mass is 173 g/mol. The minimum Gasteiger partial charge on any atom is -0.380 e. The molecule has 2 nitrogen and oxygen atoms in total. The summed E-state index contributed by atoms with van der Waals surface area (Å²) in [6.45, 7) is 11.7. The molecule has 1 heterocycles. The zero-order chi connectivity index (χ0) is 9.23. The Kier molecular flexibility index (Phi) is 8.95.